The summed E-state index contributed by atoms with van der Waals surface area (Å²) in [5.74, 6) is 0.938. The molecule has 0 aromatic heterocycles. The molecule has 2 N–H and O–H groups in total. The highest BCUT2D eigenvalue weighted by Crippen LogP contribution is 2.27. The second-order valence-corrected chi connectivity index (χ2v) is 5.66. The number of hydrogen-bond donors (Lipinski definition) is 1. The van der Waals surface area contributed by atoms with E-state index in [0.717, 1.165) is 30.6 Å². The highest BCUT2D eigenvalue weighted by atomic mass is 16.5. The average molecular weight is 283 g/mol. The van der Waals surface area contributed by atoms with Crippen LogP contribution in [0.4, 0.5) is 0 Å². The van der Waals surface area contributed by atoms with Gasteiger partial charge < -0.3 is 10.5 Å². The summed E-state index contributed by atoms with van der Waals surface area (Å²) >= 11 is 0. The lowest BCUT2D eigenvalue weighted by Crippen LogP contribution is -2.12. The van der Waals surface area contributed by atoms with Crippen molar-refractivity contribution in [3.05, 3.63) is 64.7 Å². The number of benzene rings is 2. The molecule has 1 unspecified atom stereocenters. The molecular formula is C19H25NO. The molecule has 0 heterocycles. The fourth-order valence-electron chi connectivity index (χ4n) is 2.76. The van der Waals surface area contributed by atoms with Crippen LogP contribution in [-0.4, -0.2) is 7.11 Å². The third-order valence-electron chi connectivity index (χ3n) is 4.01. The van der Waals surface area contributed by atoms with Crippen LogP contribution in [0.3, 0.4) is 0 Å². The van der Waals surface area contributed by atoms with E-state index < -0.39 is 0 Å². The van der Waals surface area contributed by atoms with Gasteiger partial charge in [0.1, 0.15) is 5.75 Å². The van der Waals surface area contributed by atoms with E-state index in [0.29, 0.717) is 0 Å². The molecule has 2 heteroatoms. The Morgan fingerprint density at radius 3 is 2.43 bits per heavy atom. The quantitative estimate of drug-likeness (QED) is 0.856. The Morgan fingerprint density at radius 1 is 1.05 bits per heavy atom. The minimum Gasteiger partial charge on any atom is -0.496 e. The van der Waals surface area contributed by atoms with Gasteiger partial charge in [-0.3, -0.25) is 0 Å². The number of hydrogen-bond acceptors (Lipinski definition) is 2. The van der Waals surface area contributed by atoms with Gasteiger partial charge in [-0.1, -0.05) is 36.4 Å². The Balaban J connectivity index is 1.97. The summed E-state index contributed by atoms with van der Waals surface area (Å²) in [6, 6.07) is 14.9. The molecule has 112 valence electrons. The molecule has 2 aromatic carbocycles. The van der Waals surface area contributed by atoms with Crippen molar-refractivity contribution in [2.75, 3.05) is 7.11 Å². The van der Waals surface area contributed by atoms with E-state index in [1.807, 2.05) is 0 Å². The van der Waals surface area contributed by atoms with Gasteiger partial charge in [0.25, 0.3) is 0 Å². The number of aryl methyl sites for hydroxylation is 3. The van der Waals surface area contributed by atoms with Gasteiger partial charge in [0.15, 0.2) is 0 Å². The van der Waals surface area contributed by atoms with Crippen LogP contribution in [0.2, 0.25) is 0 Å². The number of rotatable bonds is 6. The maximum atomic E-state index is 6.38. The lowest BCUT2D eigenvalue weighted by Gasteiger charge is -2.17. The summed E-state index contributed by atoms with van der Waals surface area (Å²) in [6.07, 6.45) is 3.19. The normalized spacial score (nSPS) is 12.2. The Kier molecular flexibility index (Phi) is 5.40. The summed E-state index contributed by atoms with van der Waals surface area (Å²) in [5.41, 5.74) is 11.4. The van der Waals surface area contributed by atoms with Crippen molar-refractivity contribution < 1.29 is 4.74 Å². The van der Waals surface area contributed by atoms with E-state index in [1.165, 1.54) is 16.7 Å². The maximum Gasteiger partial charge on any atom is 0.122 e. The Labute approximate surface area is 127 Å². The minimum atomic E-state index is 0.0957. The van der Waals surface area contributed by atoms with Crippen LogP contribution in [0.5, 0.6) is 5.75 Å². The van der Waals surface area contributed by atoms with Gasteiger partial charge in [-0.25, -0.2) is 0 Å². The molecule has 0 saturated carbocycles. The van der Waals surface area contributed by atoms with Crippen molar-refractivity contribution in [3.63, 3.8) is 0 Å². The molecule has 0 spiro atoms. The van der Waals surface area contributed by atoms with Crippen LogP contribution in [0.1, 0.15) is 41.1 Å². The van der Waals surface area contributed by atoms with Crippen molar-refractivity contribution in [1.29, 1.82) is 0 Å². The number of nitrogens with two attached hydrogens (primary N) is 1. The lowest BCUT2D eigenvalue weighted by atomic mass is 9.94. The number of methoxy groups -OCH3 is 1. The van der Waals surface area contributed by atoms with E-state index in [4.69, 9.17) is 10.5 Å². The summed E-state index contributed by atoms with van der Waals surface area (Å²) in [7, 11) is 1.71. The Bertz CT molecular complexity index is 578. The molecule has 2 nitrogen and oxygen atoms in total. The molecule has 21 heavy (non-hydrogen) atoms. The largest absolute Gasteiger partial charge is 0.496 e. The smallest absolute Gasteiger partial charge is 0.122 e. The van der Waals surface area contributed by atoms with Gasteiger partial charge in [-0.2, -0.15) is 0 Å². The average Bonchev–Trinajstić information content (AvgIpc) is 2.50. The predicted molar refractivity (Wildman–Crippen MR) is 88.8 cm³/mol. The number of ether oxygens (including phenoxy) is 1. The first-order valence-electron chi connectivity index (χ1n) is 7.56. The molecule has 0 bridgehead atoms. The Hall–Kier alpha value is -1.80. The third kappa shape index (κ3) is 4.08. The molecule has 0 amide bonds. The second-order valence-electron chi connectivity index (χ2n) is 5.66. The summed E-state index contributed by atoms with van der Waals surface area (Å²) in [5, 5.41) is 0. The van der Waals surface area contributed by atoms with Crippen molar-refractivity contribution >= 4 is 0 Å². The summed E-state index contributed by atoms with van der Waals surface area (Å²) in [4.78, 5) is 0. The molecule has 0 saturated heterocycles. The van der Waals surface area contributed by atoms with Crippen molar-refractivity contribution in [1.82, 2.24) is 0 Å². The van der Waals surface area contributed by atoms with Crippen LogP contribution in [0.25, 0.3) is 0 Å². The Morgan fingerprint density at radius 2 is 1.76 bits per heavy atom. The zero-order valence-electron chi connectivity index (χ0n) is 13.2. The molecule has 2 rings (SSSR count). The topological polar surface area (TPSA) is 35.2 Å². The third-order valence-corrected chi connectivity index (χ3v) is 4.01. The van der Waals surface area contributed by atoms with Crippen LogP contribution < -0.4 is 10.5 Å². The van der Waals surface area contributed by atoms with Crippen molar-refractivity contribution in [2.24, 2.45) is 5.73 Å². The molecule has 0 fully saturated rings. The monoisotopic (exact) mass is 283 g/mol. The van der Waals surface area contributed by atoms with E-state index in [2.05, 4.69) is 56.3 Å². The highest BCUT2D eigenvalue weighted by molar-refractivity contribution is 5.42. The maximum absolute atomic E-state index is 6.38. The van der Waals surface area contributed by atoms with Crippen LogP contribution in [0.15, 0.2) is 42.5 Å². The van der Waals surface area contributed by atoms with E-state index in [9.17, 15) is 0 Å². The molecular weight excluding hydrogens is 258 g/mol. The lowest BCUT2D eigenvalue weighted by molar-refractivity contribution is 0.411. The molecule has 0 aliphatic rings. The van der Waals surface area contributed by atoms with E-state index >= 15 is 0 Å². The minimum absolute atomic E-state index is 0.0957. The fraction of sp³-hybridized carbons (Fsp3) is 0.368. The van der Waals surface area contributed by atoms with E-state index in [1.54, 1.807) is 7.11 Å². The standard InChI is InChI=1S/C19H25NO/c1-14-13-19(21-3)15(2)12-17(14)18(20)11-7-10-16-8-5-4-6-9-16/h4-6,8-9,12-13,18H,7,10-11,20H2,1-3H3. The zero-order chi connectivity index (χ0) is 15.2. The second kappa shape index (κ2) is 7.28. The first-order valence-corrected chi connectivity index (χ1v) is 7.56. The van der Waals surface area contributed by atoms with Crippen molar-refractivity contribution in [2.45, 2.75) is 39.2 Å². The first-order chi connectivity index (χ1) is 10.1. The van der Waals surface area contributed by atoms with Gasteiger partial charge in [0.05, 0.1) is 7.11 Å². The zero-order valence-corrected chi connectivity index (χ0v) is 13.2. The van der Waals surface area contributed by atoms with Crippen molar-refractivity contribution in [3.8, 4) is 5.75 Å². The highest BCUT2D eigenvalue weighted by Gasteiger charge is 2.11. The molecule has 1 atom stereocenters. The summed E-state index contributed by atoms with van der Waals surface area (Å²) < 4.78 is 5.36. The SMILES string of the molecule is COc1cc(C)c(C(N)CCCc2ccccc2)cc1C. The first kappa shape index (κ1) is 15.6. The molecule has 2 aromatic rings. The van der Waals surface area contributed by atoms with Crippen LogP contribution in [0, 0.1) is 13.8 Å². The van der Waals surface area contributed by atoms with E-state index in [-0.39, 0.29) is 6.04 Å². The molecule has 0 aliphatic carbocycles. The fourth-order valence-corrected chi connectivity index (χ4v) is 2.76. The van der Waals surface area contributed by atoms with Gasteiger partial charge in [0.2, 0.25) is 0 Å². The van der Waals surface area contributed by atoms with Gasteiger partial charge in [-0.05, 0) is 61.4 Å². The predicted octanol–water partition coefficient (Wildman–Crippen LogP) is 4.33. The molecule has 0 aliphatic heterocycles. The van der Waals surface area contributed by atoms with Crippen LogP contribution in [-0.2, 0) is 6.42 Å². The van der Waals surface area contributed by atoms with Crippen LogP contribution >= 0.6 is 0 Å². The van der Waals surface area contributed by atoms with Gasteiger partial charge in [-0.15, -0.1) is 0 Å². The molecule has 0 radical (unpaired) electrons. The van der Waals surface area contributed by atoms with Gasteiger partial charge >= 0.3 is 0 Å². The summed E-state index contributed by atoms with van der Waals surface area (Å²) in [6.45, 7) is 4.17. The van der Waals surface area contributed by atoms with Gasteiger partial charge in [0, 0.05) is 6.04 Å².